The molecule has 2 aliphatic heterocycles. The first-order chi connectivity index (χ1) is 14.0. The molecule has 1 unspecified atom stereocenters. The van der Waals surface area contributed by atoms with Gasteiger partial charge in [-0.1, -0.05) is 0 Å². The molecule has 30 heavy (non-hydrogen) atoms. The molecule has 160 valence electrons. The second-order valence-corrected chi connectivity index (χ2v) is 8.73. The number of rotatable bonds is 2. The van der Waals surface area contributed by atoms with Crippen molar-refractivity contribution in [3.63, 3.8) is 0 Å². The van der Waals surface area contributed by atoms with Gasteiger partial charge in [0.05, 0.1) is 11.1 Å². The van der Waals surface area contributed by atoms with Crippen LogP contribution in [0, 0.1) is 5.82 Å². The summed E-state index contributed by atoms with van der Waals surface area (Å²) in [7, 11) is 0. The third kappa shape index (κ3) is 3.42. The van der Waals surface area contributed by atoms with Crippen LogP contribution in [-0.2, 0) is 6.18 Å². The summed E-state index contributed by atoms with van der Waals surface area (Å²) in [6.07, 6.45) is -1.60. The highest BCUT2D eigenvalue weighted by atomic mass is 19.4. The van der Waals surface area contributed by atoms with Crippen LogP contribution in [-0.4, -0.2) is 40.0 Å². The van der Waals surface area contributed by atoms with Crippen LogP contribution >= 0.6 is 0 Å². The van der Waals surface area contributed by atoms with Crippen LogP contribution in [0.3, 0.4) is 0 Å². The van der Waals surface area contributed by atoms with Crippen molar-refractivity contribution >= 4 is 11.6 Å². The van der Waals surface area contributed by atoms with Crippen LogP contribution in [0.2, 0.25) is 0 Å². The Bertz CT molecular complexity index is 958. The zero-order chi connectivity index (χ0) is 21.7. The van der Waals surface area contributed by atoms with E-state index in [1.165, 1.54) is 24.3 Å². The van der Waals surface area contributed by atoms with Crippen molar-refractivity contribution in [3.05, 3.63) is 59.7 Å². The molecule has 0 saturated carbocycles. The van der Waals surface area contributed by atoms with Gasteiger partial charge in [0.1, 0.15) is 5.82 Å². The predicted molar refractivity (Wildman–Crippen MR) is 105 cm³/mol. The fourth-order valence-electron chi connectivity index (χ4n) is 5.08. The van der Waals surface area contributed by atoms with Crippen LogP contribution in [0.5, 0.6) is 0 Å². The Hall–Kier alpha value is -2.64. The lowest BCUT2D eigenvalue weighted by molar-refractivity contribution is -0.141. The number of carbonyl (C=O) groups excluding carboxylic acids is 1. The molecule has 1 atom stereocenters. The van der Waals surface area contributed by atoms with E-state index in [0.717, 1.165) is 18.3 Å². The lowest BCUT2D eigenvalue weighted by Crippen LogP contribution is -2.49. The minimum absolute atomic E-state index is 0.334. The van der Waals surface area contributed by atoms with Gasteiger partial charge in [0, 0.05) is 30.5 Å². The van der Waals surface area contributed by atoms with Gasteiger partial charge in [-0.2, -0.15) is 13.2 Å². The van der Waals surface area contributed by atoms with Gasteiger partial charge in [-0.3, -0.25) is 9.78 Å². The maximum absolute atomic E-state index is 13.4. The molecule has 1 aromatic heterocycles. The number of amides is 1. The van der Waals surface area contributed by atoms with Gasteiger partial charge in [-0.15, -0.1) is 0 Å². The topological polar surface area (TPSA) is 36.4 Å². The van der Waals surface area contributed by atoms with Crippen molar-refractivity contribution in [2.45, 2.75) is 50.4 Å². The molecule has 2 fully saturated rings. The highest BCUT2D eigenvalue weighted by Crippen LogP contribution is 2.47. The number of halogens is 4. The summed E-state index contributed by atoms with van der Waals surface area (Å²) in [6, 6.07) is 8.72. The van der Waals surface area contributed by atoms with Crippen molar-refractivity contribution < 1.29 is 22.4 Å². The number of aromatic nitrogens is 1. The second kappa shape index (κ2) is 6.96. The quantitative estimate of drug-likeness (QED) is 0.647. The molecule has 0 aliphatic carbocycles. The molecular weight excluding hydrogens is 398 g/mol. The van der Waals surface area contributed by atoms with E-state index < -0.39 is 28.9 Å². The number of benzene rings is 1. The first kappa shape index (κ1) is 20.6. The Balaban J connectivity index is 1.69. The first-order valence-corrected chi connectivity index (χ1v) is 9.91. The lowest BCUT2D eigenvalue weighted by Gasteiger charge is -2.35. The van der Waals surface area contributed by atoms with Gasteiger partial charge >= 0.3 is 6.18 Å². The number of pyridine rings is 1. The van der Waals surface area contributed by atoms with Crippen LogP contribution in [0.15, 0.2) is 42.6 Å². The van der Waals surface area contributed by atoms with Crippen molar-refractivity contribution in [1.82, 2.24) is 9.88 Å². The van der Waals surface area contributed by atoms with E-state index in [0.29, 0.717) is 25.9 Å². The van der Waals surface area contributed by atoms with Gasteiger partial charge in [0.15, 0.2) is 5.69 Å². The normalized spacial score (nSPS) is 23.4. The monoisotopic (exact) mass is 421 g/mol. The fraction of sp³-hybridized carbons (Fsp3) is 0.455. The van der Waals surface area contributed by atoms with Gasteiger partial charge in [0.2, 0.25) is 0 Å². The standard InChI is InChI=1S/C22H23F4N3O/c1-20(2)13-21(14-29(20)16-8-6-15(23)7-9-16)10-4-12-28(21)19(30)17-5-3-11-27-18(17)22(24,25)26/h3,5-9,11H,4,10,12-14H2,1-2H3. The van der Waals surface area contributed by atoms with Crippen molar-refractivity contribution in [3.8, 4) is 0 Å². The highest BCUT2D eigenvalue weighted by Gasteiger charge is 2.55. The summed E-state index contributed by atoms with van der Waals surface area (Å²) < 4.78 is 53.7. The zero-order valence-electron chi connectivity index (χ0n) is 16.8. The number of hydrogen-bond donors (Lipinski definition) is 0. The summed E-state index contributed by atoms with van der Waals surface area (Å²) in [5, 5.41) is 0. The Morgan fingerprint density at radius 3 is 2.50 bits per heavy atom. The summed E-state index contributed by atoms with van der Waals surface area (Å²) in [5.41, 5.74) is -1.65. The van der Waals surface area contributed by atoms with Crippen molar-refractivity contribution in [2.75, 3.05) is 18.0 Å². The highest BCUT2D eigenvalue weighted by molar-refractivity contribution is 5.96. The summed E-state index contributed by atoms with van der Waals surface area (Å²) >= 11 is 0. The van der Waals surface area contributed by atoms with Gasteiger partial charge in [0.25, 0.3) is 5.91 Å². The van der Waals surface area contributed by atoms with Gasteiger partial charge in [-0.25, -0.2) is 4.39 Å². The molecule has 4 nitrogen and oxygen atoms in total. The van der Waals surface area contributed by atoms with Crippen molar-refractivity contribution in [1.29, 1.82) is 0 Å². The Labute approximate surface area is 172 Å². The Kier molecular flexibility index (Phi) is 4.78. The summed E-state index contributed by atoms with van der Waals surface area (Å²) in [5.74, 6) is -0.968. The van der Waals surface area contributed by atoms with Crippen LogP contribution in [0.4, 0.5) is 23.2 Å². The molecule has 3 heterocycles. The molecule has 1 amide bonds. The van der Waals surface area contributed by atoms with Gasteiger partial charge in [-0.05, 0) is 69.5 Å². The second-order valence-electron chi connectivity index (χ2n) is 8.73. The molecule has 2 aromatic rings. The molecule has 2 aliphatic rings. The van der Waals surface area contributed by atoms with Crippen LogP contribution in [0.1, 0.15) is 49.2 Å². The van der Waals surface area contributed by atoms with E-state index in [4.69, 9.17) is 0 Å². The van der Waals surface area contributed by atoms with E-state index in [2.05, 4.69) is 9.88 Å². The molecule has 8 heteroatoms. The number of hydrogen-bond acceptors (Lipinski definition) is 3. The molecule has 0 radical (unpaired) electrons. The zero-order valence-corrected chi connectivity index (χ0v) is 16.8. The third-order valence-corrected chi connectivity index (χ3v) is 6.23. The lowest BCUT2D eigenvalue weighted by atomic mass is 9.87. The molecular formula is C22H23F4N3O. The number of likely N-dealkylation sites (tertiary alicyclic amines) is 1. The SMILES string of the molecule is CC1(C)CC2(CCCN2C(=O)c2cccnc2C(F)(F)F)CN1c1ccc(F)cc1. The molecule has 0 bridgehead atoms. The maximum atomic E-state index is 13.4. The summed E-state index contributed by atoms with van der Waals surface area (Å²) in [4.78, 5) is 20.4. The van der Waals surface area contributed by atoms with E-state index in [9.17, 15) is 22.4 Å². The average molecular weight is 421 g/mol. The Morgan fingerprint density at radius 1 is 1.13 bits per heavy atom. The number of anilines is 1. The number of alkyl halides is 3. The van der Waals surface area contributed by atoms with Gasteiger partial charge < -0.3 is 9.80 Å². The van der Waals surface area contributed by atoms with Crippen molar-refractivity contribution in [2.24, 2.45) is 0 Å². The molecule has 4 rings (SSSR count). The number of carbonyl (C=O) groups is 1. The van der Waals surface area contributed by atoms with E-state index in [1.54, 1.807) is 17.0 Å². The van der Waals surface area contributed by atoms with E-state index in [-0.39, 0.29) is 11.4 Å². The molecule has 1 spiro atoms. The van der Waals surface area contributed by atoms with E-state index in [1.807, 2.05) is 13.8 Å². The molecule has 2 saturated heterocycles. The van der Waals surface area contributed by atoms with Crippen LogP contribution in [0.25, 0.3) is 0 Å². The predicted octanol–water partition coefficient (Wildman–Crippen LogP) is 4.90. The summed E-state index contributed by atoms with van der Waals surface area (Å²) in [6.45, 7) is 4.96. The Morgan fingerprint density at radius 2 is 1.83 bits per heavy atom. The fourth-order valence-corrected chi connectivity index (χ4v) is 5.08. The minimum atomic E-state index is -4.70. The maximum Gasteiger partial charge on any atom is 0.434 e. The number of nitrogens with zero attached hydrogens (tertiary/aromatic N) is 3. The minimum Gasteiger partial charge on any atom is -0.364 e. The largest absolute Gasteiger partial charge is 0.434 e. The first-order valence-electron chi connectivity index (χ1n) is 9.91. The average Bonchev–Trinajstić information content (AvgIpc) is 3.20. The smallest absolute Gasteiger partial charge is 0.364 e. The van der Waals surface area contributed by atoms with E-state index >= 15 is 0 Å². The third-order valence-electron chi connectivity index (χ3n) is 6.23. The molecule has 1 aromatic carbocycles. The molecule has 0 N–H and O–H groups in total. The van der Waals surface area contributed by atoms with Crippen LogP contribution < -0.4 is 4.90 Å².